The average Bonchev–Trinajstić information content (AvgIpc) is 2.93. The van der Waals surface area contributed by atoms with E-state index in [4.69, 9.17) is 4.74 Å². The maximum atomic E-state index is 14.2. The maximum absolute atomic E-state index is 14.2. The Kier molecular flexibility index (Phi) is 12.1. The van der Waals surface area contributed by atoms with E-state index in [0.29, 0.717) is 25.5 Å². The lowest BCUT2D eigenvalue weighted by atomic mass is 10.0. The molecule has 1 amide bonds. The molecule has 215 valence electrons. The number of hydrogen-bond acceptors (Lipinski definition) is 5. The van der Waals surface area contributed by atoms with E-state index in [1.807, 2.05) is 43.3 Å². The second-order valence-corrected chi connectivity index (χ2v) is 11.9. The summed E-state index contributed by atoms with van der Waals surface area (Å²) in [5, 5.41) is 4.47. The van der Waals surface area contributed by atoms with Gasteiger partial charge in [-0.25, -0.2) is 22.0 Å². The molecule has 0 fully saturated rings. The van der Waals surface area contributed by atoms with Gasteiger partial charge in [0.1, 0.15) is 23.5 Å². The molecule has 0 aliphatic carbocycles. The highest BCUT2D eigenvalue weighted by Gasteiger charge is 2.36. The quantitative estimate of drug-likeness (QED) is 0.216. The summed E-state index contributed by atoms with van der Waals surface area (Å²) >= 11 is 0. The second-order valence-electron chi connectivity index (χ2n) is 9.62. The molecule has 0 spiro atoms. The van der Waals surface area contributed by atoms with Crippen LogP contribution in [0.3, 0.4) is 0 Å². The van der Waals surface area contributed by atoms with Crippen molar-refractivity contribution in [2.24, 2.45) is 0 Å². The SMILES string of the molecule is CCCCS(=O)(=O)C(c1cc(F)cc(F)c1)[C@H]([CH]CNCc1cccc(CC)c1)NC(=O)OCc1ccccc1. The fourth-order valence-electron chi connectivity index (χ4n) is 4.40. The number of rotatable bonds is 15. The number of halogens is 2. The molecule has 9 heteroatoms. The molecule has 0 bridgehead atoms. The molecule has 3 rings (SSSR count). The van der Waals surface area contributed by atoms with Crippen molar-refractivity contribution in [2.45, 2.75) is 57.6 Å². The van der Waals surface area contributed by atoms with Gasteiger partial charge in [-0.15, -0.1) is 0 Å². The van der Waals surface area contributed by atoms with Gasteiger partial charge in [0.05, 0.1) is 11.8 Å². The number of nitrogens with one attached hydrogen (secondary N) is 2. The summed E-state index contributed by atoms with van der Waals surface area (Å²) in [6, 6.07) is 18.7. The van der Waals surface area contributed by atoms with E-state index in [0.717, 1.165) is 29.7 Å². The van der Waals surface area contributed by atoms with Crippen molar-refractivity contribution in [1.29, 1.82) is 0 Å². The van der Waals surface area contributed by atoms with E-state index >= 15 is 0 Å². The Hall–Kier alpha value is -3.30. The largest absolute Gasteiger partial charge is 0.445 e. The predicted molar refractivity (Wildman–Crippen MR) is 153 cm³/mol. The van der Waals surface area contributed by atoms with Crippen LogP contribution < -0.4 is 10.6 Å². The molecule has 6 nitrogen and oxygen atoms in total. The van der Waals surface area contributed by atoms with E-state index < -0.39 is 38.9 Å². The lowest BCUT2D eigenvalue weighted by molar-refractivity contribution is 0.136. The molecule has 1 radical (unpaired) electrons. The molecule has 0 aliphatic heterocycles. The summed E-state index contributed by atoms with van der Waals surface area (Å²) in [5.41, 5.74) is 2.93. The number of ether oxygens (including phenoxy) is 1. The highest BCUT2D eigenvalue weighted by atomic mass is 32.2. The van der Waals surface area contributed by atoms with Crippen LogP contribution in [0.4, 0.5) is 13.6 Å². The molecule has 3 aromatic carbocycles. The molecule has 0 aliphatic rings. The van der Waals surface area contributed by atoms with E-state index in [1.54, 1.807) is 18.6 Å². The standard InChI is InChI=1S/C31H37F2N2O4S/c1-3-5-16-40(37,38)30(26-18-27(32)20-28(33)19-26)29(35-31(36)39-22-24-10-7-6-8-11-24)14-15-34-21-25-13-9-12-23(4-2)17-25/h6-14,17-20,29-30,34H,3-5,15-16,21-22H2,1-2H3,(H,35,36)/t29-,30?/m0/s1. The molecule has 0 heterocycles. The fourth-order valence-corrected chi connectivity index (χ4v) is 6.52. The van der Waals surface area contributed by atoms with Crippen molar-refractivity contribution in [3.05, 3.63) is 113 Å². The summed E-state index contributed by atoms with van der Waals surface area (Å²) in [4.78, 5) is 12.8. The number of carbonyl (C=O) groups excluding carboxylic acids is 1. The molecule has 0 aromatic heterocycles. The number of hydrogen-bond donors (Lipinski definition) is 2. The van der Waals surface area contributed by atoms with Crippen LogP contribution in [-0.2, 0) is 34.1 Å². The van der Waals surface area contributed by atoms with Crippen LogP contribution in [0.5, 0.6) is 0 Å². The molecule has 2 N–H and O–H groups in total. The van der Waals surface area contributed by atoms with Crippen molar-refractivity contribution in [1.82, 2.24) is 10.6 Å². The number of benzene rings is 3. The minimum absolute atomic E-state index is 0.0206. The van der Waals surface area contributed by atoms with Gasteiger partial charge < -0.3 is 15.4 Å². The van der Waals surface area contributed by atoms with Gasteiger partial charge in [-0.2, -0.15) is 0 Å². The molecule has 0 saturated heterocycles. The van der Waals surface area contributed by atoms with Crippen LogP contribution in [0.25, 0.3) is 0 Å². The first-order valence-electron chi connectivity index (χ1n) is 13.5. The summed E-state index contributed by atoms with van der Waals surface area (Å²) in [6.07, 6.45) is 2.65. The first-order valence-corrected chi connectivity index (χ1v) is 15.2. The number of carbonyl (C=O) groups is 1. The average molecular weight is 572 g/mol. The van der Waals surface area contributed by atoms with Crippen molar-refractivity contribution < 1.29 is 26.7 Å². The van der Waals surface area contributed by atoms with E-state index in [2.05, 4.69) is 23.6 Å². The summed E-state index contributed by atoms with van der Waals surface area (Å²) in [5.74, 6) is -2.00. The second kappa shape index (κ2) is 15.5. The third-order valence-electron chi connectivity index (χ3n) is 6.45. The Morgan fingerprint density at radius 3 is 2.27 bits per heavy atom. The van der Waals surface area contributed by atoms with Gasteiger partial charge in [-0.05, 0) is 53.6 Å². The summed E-state index contributed by atoms with van der Waals surface area (Å²) in [6.45, 7) is 4.64. The number of alkyl carbamates (subject to hydrolysis) is 1. The number of amides is 1. The van der Waals surface area contributed by atoms with Gasteiger partial charge in [0.25, 0.3) is 0 Å². The Bertz CT molecular complexity index is 1320. The lowest BCUT2D eigenvalue weighted by Gasteiger charge is -2.28. The molecule has 3 aromatic rings. The van der Waals surface area contributed by atoms with Crippen molar-refractivity contribution in [2.75, 3.05) is 12.3 Å². The smallest absolute Gasteiger partial charge is 0.407 e. The normalized spacial score (nSPS) is 13.0. The van der Waals surface area contributed by atoms with E-state index in [9.17, 15) is 22.0 Å². The topological polar surface area (TPSA) is 84.5 Å². The van der Waals surface area contributed by atoms with Gasteiger partial charge in [-0.1, -0.05) is 74.9 Å². The Labute approximate surface area is 236 Å². The number of sulfone groups is 1. The van der Waals surface area contributed by atoms with Crippen molar-refractivity contribution >= 4 is 15.9 Å². The van der Waals surface area contributed by atoms with E-state index in [1.165, 1.54) is 5.56 Å². The minimum Gasteiger partial charge on any atom is -0.445 e. The lowest BCUT2D eigenvalue weighted by Crippen LogP contribution is -2.45. The van der Waals surface area contributed by atoms with Gasteiger partial charge in [-0.3, -0.25) is 0 Å². The monoisotopic (exact) mass is 571 g/mol. The zero-order chi connectivity index (χ0) is 29.0. The molecule has 40 heavy (non-hydrogen) atoms. The minimum atomic E-state index is -3.94. The van der Waals surface area contributed by atoms with Crippen LogP contribution in [-0.4, -0.2) is 32.9 Å². The van der Waals surface area contributed by atoms with Crippen molar-refractivity contribution in [3.63, 3.8) is 0 Å². The number of aryl methyl sites for hydroxylation is 1. The van der Waals surface area contributed by atoms with Crippen molar-refractivity contribution in [3.8, 4) is 0 Å². The Balaban J connectivity index is 1.84. The molecular weight excluding hydrogens is 534 g/mol. The highest BCUT2D eigenvalue weighted by molar-refractivity contribution is 7.91. The van der Waals surface area contributed by atoms with E-state index in [-0.39, 0.29) is 24.5 Å². The zero-order valence-corrected chi connectivity index (χ0v) is 23.7. The van der Waals surface area contributed by atoms with Crippen LogP contribution in [0.1, 0.15) is 54.2 Å². The van der Waals surface area contributed by atoms with Crippen LogP contribution in [0.15, 0.2) is 72.8 Å². The molecule has 0 saturated carbocycles. The molecular formula is C31H37F2N2O4S. The van der Waals surface area contributed by atoms with Crippen LogP contribution in [0.2, 0.25) is 0 Å². The van der Waals surface area contributed by atoms with Gasteiger partial charge in [0.15, 0.2) is 9.84 Å². The highest BCUT2D eigenvalue weighted by Crippen LogP contribution is 2.30. The fraction of sp³-hybridized carbons (Fsp3) is 0.355. The van der Waals surface area contributed by atoms with Gasteiger partial charge >= 0.3 is 6.09 Å². The first-order chi connectivity index (χ1) is 19.2. The summed E-state index contributed by atoms with van der Waals surface area (Å²) in [7, 11) is -3.94. The Morgan fingerprint density at radius 2 is 1.60 bits per heavy atom. The van der Waals surface area contributed by atoms with Gasteiger partial charge in [0.2, 0.25) is 0 Å². The predicted octanol–water partition coefficient (Wildman–Crippen LogP) is 6.07. The Morgan fingerprint density at radius 1 is 0.925 bits per heavy atom. The third-order valence-corrected chi connectivity index (χ3v) is 8.65. The first kappa shape index (κ1) is 31.2. The van der Waals surface area contributed by atoms with Gasteiger partial charge in [0, 0.05) is 19.2 Å². The maximum Gasteiger partial charge on any atom is 0.407 e. The molecule has 2 atom stereocenters. The molecule has 1 unspecified atom stereocenters. The van der Waals surface area contributed by atoms with Crippen LogP contribution >= 0.6 is 0 Å². The number of unbranched alkanes of at least 4 members (excludes halogenated alkanes) is 1. The zero-order valence-electron chi connectivity index (χ0n) is 22.9. The van der Waals surface area contributed by atoms with Crippen LogP contribution in [0, 0.1) is 18.1 Å². The summed E-state index contributed by atoms with van der Waals surface area (Å²) < 4.78 is 61.0. The third kappa shape index (κ3) is 9.71.